The summed E-state index contributed by atoms with van der Waals surface area (Å²) in [6, 6.07) is 2.52. The van der Waals surface area contributed by atoms with Crippen LogP contribution in [0.3, 0.4) is 0 Å². The zero-order valence-corrected chi connectivity index (χ0v) is 11.9. The van der Waals surface area contributed by atoms with E-state index in [1.165, 1.54) is 0 Å². The molecule has 24 heavy (non-hydrogen) atoms. The standard InChI is InChI=1S/C15H10F4O5/c16-11-1-7(2-12(17)9(11)5-20)23-15(22)24-8-3-13(18)10(6-21)14(19)4-8/h1-4,20-21H,5-6H2. The Morgan fingerprint density at radius 3 is 1.29 bits per heavy atom. The molecular formula is C15H10F4O5. The second-order valence-corrected chi connectivity index (χ2v) is 4.50. The highest BCUT2D eigenvalue weighted by Crippen LogP contribution is 2.23. The Morgan fingerprint density at radius 2 is 1.04 bits per heavy atom. The van der Waals surface area contributed by atoms with Crippen molar-refractivity contribution in [2.45, 2.75) is 13.2 Å². The van der Waals surface area contributed by atoms with Gasteiger partial charge in [0, 0.05) is 35.4 Å². The summed E-state index contributed by atoms with van der Waals surface area (Å²) < 4.78 is 62.7. The van der Waals surface area contributed by atoms with E-state index in [9.17, 15) is 22.4 Å². The fraction of sp³-hybridized carbons (Fsp3) is 0.133. The van der Waals surface area contributed by atoms with E-state index in [2.05, 4.69) is 9.47 Å². The van der Waals surface area contributed by atoms with Gasteiger partial charge in [0.1, 0.15) is 34.8 Å². The van der Waals surface area contributed by atoms with E-state index in [1.54, 1.807) is 0 Å². The van der Waals surface area contributed by atoms with E-state index in [0.29, 0.717) is 24.3 Å². The second-order valence-electron chi connectivity index (χ2n) is 4.50. The van der Waals surface area contributed by atoms with Crippen LogP contribution in [0.1, 0.15) is 11.1 Å². The van der Waals surface area contributed by atoms with Crippen molar-refractivity contribution in [1.82, 2.24) is 0 Å². The molecule has 0 saturated heterocycles. The number of ether oxygens (including phenoxy) is 2. The Bertz CT molecular complexity index is 669. The van der Waals surface area contributed by atoms with Gasteiger partial charge in [-0.1, -0.05) is 0 Å². The maximum Gasteiger partial charge on any atom is 0.519 e. The van der Waals surface area contributed by atoms with Gasteiger partial charge in [0.05, 0.1) is 13.2 Å². The number of aliphatic hydroxyl groups excluding tert-OH is 2. The molecule has 2 aromatic carbocycles. The van der Waals surface area contributed by atoms with Gasteiger partial charge >= 0.3 is 6.16 Å². The van der Waals surface area contributed by atoms with Gasteiger partial charge in [-0.25, -0.2) is 22.4 Å². The van der Waals surface area contributed by atoms with Gasteiger partial charge in [-0.3, -0.25) is 0 Å². The molecule has 9 heteroatoms. The van der Waals surface area contributed by atoms with Crippen molar-refractivity contribution in [3.05, 3.63) is 58.7 Å². The Kier molecular flexibility index (Phi) is 5.37. The zero-order valence-electron chi connectivity index (χ0n) is 11.9. The SMILES string of the molecule is O=C(Oc1cc(F)c(CO)c(F)c1)Oc1cc(F)c(CO)c(F)c1. The number of benzene rings is 2. The van der Waals surface area contributed by atoms with Gasteiger partial charge < -0.3 is 19.7 Å². The molecule has 0 atom stereocenters. The minimum absolute atomic E-state index is 0.569. The summed E-state index contributed by atoms with van der Waals surface area (Å²) in [5.74, 6) is -5.73. The van der Waals surface area contributed by atoms with Crippen LogP contribution in [0.2, 0.25) is 0 Å². The lowest BCUT2D eigenvalue weighted by molar-refractivity contribution is 0.151. The third-order valence-corrected chi connectivity index (χ3v) is 2.95. The summed E-state index contributed by atoms with van der Waals surface area (Å²) in [4.78, 5) is 11.5. The molecule has 0 unspecified atom stereocenters. The number of rotatable bonds is 4. The third kappa shape index (κ3) is 3.81. The first kappa shape index (κ1) is 17.7. The van der Waals surface area contributed by atoms with E-state index in [0.717, 1.165) is 0 Å². The molecule has 2 N–H and O–H groups in total. The van der Waals surface area contributed by atoms with Crippen LogP contribution in [0.25, 0.3) is 0 Å². The summed E-state index contributed by atoms with van der Waals surface area (Å²) in [7, 11) is 0. The van der Waals surface area contributed by atoms with Gasteiger partial charge in [-0.05, 0) is 0 Å². The van der Waals surface area contributed by atoms with Crippen LogP contribution in [-0.4, -0.2) is 16.4 Å². The molecule has 0 amide bonds. The van der Waals surface area contributed by atoms with Crippen molar-refractivity contribution in [3.63, 3.8) is 0 Å². The monoisotopic (exact) mass is 346 g/mol. The van der Waals surface area contributed by atoms with E-state index >= 15 is 0 Å². The van der Waals surface area contributed by atoms with Crippen molar-refractivity contribution < 1.29 is 42.0 Å². The highest BCUT2D eigenvalue weighted by Gasteiger charge is 2.17. The Balaban J connectivity index is 2.14. The fourth-order valence-electron chi connectivity index (χ4n) is 1.79. The number of hydrogen-bond acceptors (Lipinski definition) is 5. The van der Waals surface area contributed by atoms with Gasteiger partial charge in [-0.15, -0.1) is 0 Å². The molecule has 0 aromatic heterocycles. The quantitative estimate of drug-likeness (QED) is 0.506. The van der Waals surface area contributed by atoms with E-state index < -0.39 is 65.3 Å². The molecule has 128 valence electrons. The first-order chi connectivity index (χ1) is 11.3. The van der Waals surface area contributed by atoms with E-state index in [-0.39, 0.29) is 0 Å². The minimum Gasteiger partial charge on any atom is -0.394 e. The van der Waals surface area contributed by atoms with Crippen molar-refractivity contribution in [2.24, 2.45) is 0 Å². The van der Waals surface area contributed by atoms with Crippen LogP contribution in [0.4, 0.5) is 22.4 Å². The summed E-state index contributed by atoms with van der Waals surface area (Å²) >= 11 is 0. The maximum atomic E-state index is 13.4. The maximum absolute atomic E-state index is 13.4. The molecule has 0 aliphatic carbocycles. The predicted molar refractivity (Wildman–Crippen MR) is 71.2 cm³/mol. The normalized spacial score (nSPS) is 10.6. The number of carbonyl (C=O) groups is 1. The molecule has 0 fully saturated rings. The fourth-order valence-corrected chi connectivity index (χ4v) is 1.79. The lowest BCUT2D eigenvalue weighted by Gasteiger charge is -2.09. The van der Waals surface area contributed by atoms with Crippen molar-refractivity contribution in [1.29, 1.82) is 0 Å². The number of hydrogen-bond donors (Lipinski definition) is 2. The lowest BCUT2D eigenvalue weighted by Crippen LogP contribution is -2.15. The van der Waals surface area contributed by atoms with Gasteiger partial charge in [0.2, 0.25) is 0 Å². The topological polar surface area (TPSA) is 76.0 Å². The molecule has 0 aliphatic heterocycles. The highest BCUT2D eigenvalue weighted by atomic mass is 19.1. The molecular weight excluding hydrogens is 336 g/mol. The second kappa shape index (κ2) is 7.28. The zero-order chi connectivity index (χ0) is 17.9. The first-order valence-corrected chi connectivity index (χ1v) is 6.43. The average molecular weight is 346 g/mol. The molecule has 0 aliphatic rings. The van der Waals surface area contributed by atoms with Crippen molar-refractivity contribution >= 4 is 6.16 Å². The minimum atomic E-state index is -1.50. The average Bonchev–Trinajstić information content (AvgIpc) is 2.46. The molecule has 5 nitrogen and oxygen atoms in total. The van der Waals surface area contributed by atoms with Crippen LogP contribution < -0.4 is 9.47 Å². The Labute approximate surface area is 132 Å². The smallest absolute Gasteiger partial charge is 0.394 e. The molecule has 2 rings (SSSR count). The first-order valence-electron chi connectivity index (χ1n) is 6.43. The predicted octanol–water partition coefficient (Wildman–Crippen LogP) is 2.81. The molecule has 0 spiro atoms. The van der Waals surface area contributed by atoms with Crippen LogP contribution in [0.15, 0.2) is 24.3 Å². The molecule has 0 bridgehead atoms. The van der Waals surface area contributed by atoms with Gasteiger partial charge in [0.15, 0.2) is 0 Å². The van der Waals surface area contributed by atoms with Crippen molar-refractivity contribution in [2.75, 3.05) is 0 Å². The summed E-state index contributed by atoms with van der Waals surface area (Å²) in [6.45, 7) is -1.78. The summed E-state index contributed by atoms with van der Waals surface area (Å²) in [5.41, 5.74) is -1.22. The third-order valence-electron chi connectivity index (χ3n) is 2.95. The highest BCUT2D eigenvalue weighted by molar-refractivity contribution is 5.67. The lowest BCUT2D eigenvalue weighted by atomic mass is 10.2. The number of aliphatic hydroxyl groups is 2. The van der Waals surface area contributed by atoms with Crippen LogP contribution in [0, 0.1) is 23.3 Å². The van der Waals surface area contributed by atoms with Crippen LogP contribution in [0.5, 0.6) is 11.5 Å². The van der Waals surface area contributed by atoms with E-state index in [4.69, 9.17) is 10.2 Å². The molecule has 0 saturated carbocycles. The summed E-state index contributed by atoms with van der Waals surface area (Å²) in [6.07, 6.45) is -1.50. The number of carbonyl (C=O) groups excluding carboxylic acids is 1. The van der Waals surface area contributed by atoms with Crippen LogP contribution in [-0.2, 0) is 13.2 Å². The molecule has 0 radical (unpaired) electrons. The Morgan fingerprint density at radius 1 is 0.750 bits per heavy atom. The molecule has 0 heterocycles. The summed E-state index contributed by atoms with van der Waals surface area (Å²) in [5, 5.41) is 17.5. The van der Waals surface area contributed by atoms with E-state index in [1.807, 2.05) is 0 Å². The van der Waals surface area contributed by atoms with Crippen LogP contribution >= 0.6 is 0 Å². The van der Waals surface area contributed by atoms with Gasteiger partial charge in [0.25, 0.3) is 0 Å². The number of halogens is 4. The van der Waals surface area contributed by atoms with Crippen molar-refractivity contribution in [3.8, 4) is 11.5 Å². The molecule has 2 aromatic rings. The largest absolute Gasteiger partial charge is 0.519 e. The van der Waals surface area contributed by atoms with Gasteiger partial charge in [-0.2, -0.15) is 0 Å². The Hall–Kier alpha value is -2.65.